The van der Waals surface area contributed by atoms with E-state index in [0.29, 0.717) is 13.2 Å². The van der Waals surface area contributed by atoms with Gasteiger partial charge in [-0.25, -0.2) is 4.57 Å². The average Bonchev–Trinajstić information content (AvgIpc) is 2.67. The molecule has 0 aliphatic carbocycles. The third kappa shape index (κ3) is 24.4. The molecule has 0 radical (unpaired) electrons. The van der Waals surface area contributed by atoms with Gasteiger partial charge in [0.1, 0.15) is 0 Å². The van der Waals surface area contributed by atoms with Gasteiger partial charge in [0.05, 0.1) is 13.2 Å². The highest BCUT2D eigenvalue weighted by Gasteiger charge is 2.19. The fourth-order valence-electron chi connectivity index (χ4n) is 3.65. The van der Waals surface area contributed by atoms with Crippen molar-refractivity contribution in [1.29, 1.82) is 0 Å². The molecular weight excluding hydrogens is 395 g/mol. The second kappa shape index (κ2) is 21.0. The Morgan fingerprint density at radius 2 is 0.800 bits per heavy atom. The Morgan fingerprint density at radius 1 is 0.533 bits per heavy atom. The van der Waals surface area contributed by atoms with Crippen LogP contribution in [-0.4, -0.2) is 18.1 Å². The monoisotopic (exact) mass is 448 g/mol. The lowest BCUT2D eigenvalue weighted by atomic mass is 10.0. The summed E-state index contributed by atoms with van der Waals surface area (Å²) in [4.78, 5) is 9.73. The Bertz CT molecular complexity index is 399. The van der Waals surface area contributed by atoms with Gasteiger partial charge in [-0.2, -0.15) is 0 Å². The molecule has 0 saturated heterocycles. The van der Waals surface area contributed by atoms with Crippen LogP contribution in [0, 0.1) is 11.8 Å². The van der Waals surface area contributed by atoms with Crippen molar-refractivity contribution in [2.45, 2.75) is 137 Å². The van der Waals surface area contributed by atoms with Gasteiger partial charge in [-0.1, -0.05) is 124 Å². The van der Waals surface area contributed by atoms with Crippen LogP contribution < -0.4 is 0 Å². The topological polar surface area (TPSA) is 55.8 Å². The lowest BCUT2D eigenvalue weighted by Crippen LogP contribution is -1.99. The molecule has 0 heterocycles. The van der Waals surface area contributed by atoms with Crippen molar-refractivity contribution >= 4 is 7.82 Å². The number of hydrogen-bond donors (Lipinski definition) is 1. The van der Waals surface area contributed by atoms with E-state index in [2.05, 4.69) is 27.7 Å². The number of hydrogen-bond acceptors (Lipinski definition) is 3. The Hall–Kier alpha value is 0.110. The zero-order valence-corrected chi connectivity index (χ0v) is 21.6. The first kappa shape index (κ1) is 30.1. The van der Waals surface area contributed by atoms with E-state index in [1.54, 1.807) is 0 Å². The van der Waals surface area contributed by atoms with Crippen molar-refractivity contribution in [2.75, 3.05) is 13.2 Å². The highest BCUT2D eigenvalue weighted by Crippen LogP contribution is 2.43. The summed E-state index contributed by atoms with van der Waals surface area (Å²) in [6.45, 7) is 9.77. The van der Waals surface area contributed by atoms with Crippen LogP contribution in [0.1, 0.15) is 137 Å². The molecule has 182 valence electrons. The van der Waals surface area contributed by atoms with Gasteiger partial charge in [0.15, 0.2) is 0 Å². The molecule has 0 aliphatic rings. The van der Waals surface area contributed by atoms with Crippen LogP contribution >= 0.6 is 7.82 Å². The molecule has 0 saturated carbocycles. The highest BCUT2D eigenvalue weighted by atomic mass is 31.2. The molecule has 0 spiro atoms. The van der Waals surface area contributed by atoms with Crippen molar-refractivity contribution in [2.24, 2.45) is 11.8 Å². The van der Waals surface area contributed by atoms with E-state index in [1.165, 1.54) is 83.5 Å². The van der Waals surface area contributed by atoms with Crippen molar-refractivity contribution in [3.8, 4) is 0 Å². The minimum absolute atomic E-state index is 0.317. The molecule has 0 aliphatic heterocycles. The molecule has 0 aromatic carbocycles. The summed E-state index contributed by atoms with van der Waals surface area (Å²) >= 11 is 0. The van der Waals surface area contributed by atoms with Gasteiger partial charge in [0.25, 0.3) is 0 Å². The molecule has 0 bridgehead atoms. The van der Waals surface area contributed by atoms with Gasteiger partial charge in [-0.05, 0) is 24.7 Å². The maximum absolute atomic E-state index is 11.9. The van der Waals surface area contributed by atoms with Gasteiger partial charge in [0.2, 0.25) is 0 Å². The molecule has 0 fully saturated rings. The third-order valence-electron chi connectivity index (χ3n) is 5.61. The predicted molar refractivity (Wildman–Crippen MR) is 130 cm³/mol. The zero-order chi connectivity index (χ0) is 22.5. The summed E-state index contributed by atoms with van der Waals surface area (Å²) < 4.78 is 22.1. The lowest BCUT2D eigenvalue weighted by Gasteiger charge is -2.12. The second-order valence-corrected chi connectivity index (χ2v) is 11.3. The SMILES string of the molecule is CC(C)CCCCCCCCCCOP(=O)(O)OCCCCCCCCCC(C)C. The van der Waals surface area contributed by atoms with Crippen LogP contribution in [0.15, 0.2) is 0 Å². The molecule has 0 amide bonds. The van der Waals surface area contributed by atoms with E-state index in [0.717, 1.165) is 37.5 Å². The van der Waals surface area contributed by atoms with E-state index < -0.39 is 7.82 Å². The van der Waals surface area contributed by atoms with Crippen LogP contribution in [0.3, 0.4) is 0 Å². The zero-order valence-electron chi connectivity index (χ0n) is 20.7. The summed E-state index contributed by atoms with van der Waals surface area (Å²) in [7, 11) is -3.85. The average molecular weight is 449 g/mol. The molecule has 4 nitrogen and oxygen atoms in total. The lowest BCUT2D eigenvalue weighted by molar-refractivity contribution is 0.145. The number of rotatable bonds is 23. The predicted octanol–water partition coefficient (Wildman–Crippen LogP) is 9.06. The first-order chi connectivity index (χ1) is 14.3. The molecule has 0 aromatic heterocycles. The summed E-state index contributed by atoms with van der Waals surface area (Å²) in [5, 5.41) is 0. The van der Waals surface area contributed by atoms with E-state index in [1.807, 2.05) is 0 Å². The summed E-state index contributed by atoms with van der Waals surface area (Å²) in [5.41, 5.74) is 0. The van der Waals surface area contributed by atoms with Crippen molar-refractivity contribution in [1.82, 2.24) is 0 Å². The fraction of sp³-hybridized carbons (Fsp3) is 1.00. The first-order valence-corrected chi connectivity index (χ1v) is 14.4. The smallest absolute Gasteiger partial charge is 0.302 e. The summed E-state index contributed by atoms with van der Waals surface area (Å²) in [6, 6.07) is 0. The Morgan fingerprint density at radius 3 is 1.10 bits per heavy atom. The van der Waals surface area contributed by atoms with Gasteiger partial charge >= 0.3 is 7.82 Å². The van der Waals surface area contributed by atoms with Gasteiger partial charge in [0, 0.05) is 0 Å². The maximum Gasteiger partial charge on any atom is 0.472 e. The van der Waals surface area contributed by atoms with E-state index >= 15 is 0 Å². The quantitative estimate of drug-likeness (QED) is 0.125. The minimum Gasteiger partial charge on any atom is -0.302 e. The Labute approximate surface area is 188 Å². The van der Waals surface area contributed by atoms with Gasteiger partial charge < -0.3 is 4.89 Å². The highest BCUT2D eigenvalue weighted by molar-refractivity contribution is 7.47. The van der Waals surface area contributed by atoms with E-state index in [9.17, 15) is 9.46 Å². The number of unbranched alkanes of at least 4 members (excludes halogenated alkanes) is 13. The molecule has 1 atom stereocenters. The molecule has 1 N–H and O–H groups in total. The summed E-state index contributed by atoms with van der Waals surface area (Å²) in [6.07, 6.45) is 20.6. The van der Waals surface area contributed by atoms with E-state index in [-0.39, 0.29) is 0 Å². The van der Waals surface area contributed by atoms with Crippen molar-refractivity contribution in [3.63, 3.8) is 0 Å². The Balaban J connectivity index is 3.34. The van der Waals surface area contributed by atoms with Crippen molar-refractivity contribution < 1.29 is 18.5 Å². The standard InChI is InChI=1S/C25H53O4P/c1-24(2)20-16-12-8-5-6-10-14-18-22-28-30(26,27)29-23-19-15-11-7-9-13-17-21-25(3)4/h24-25H,5-23H2,1-4H3,(H,26,27). The minimum atomic E-state index is -3.85. The largest absolute Gasteiger partial charge is 0.472 e. The molecule has 5 heteroatoms. The second-order valence-electron chi connectivity index (χ2n) is 9.80. The van der Waals surface area contributed by atoms with Crippen LogP contribution in [0.4, 0.5) is 0 Å². The van der Waals surface area contributed by atoms with Crippen LogP contribution in [-0.2, 0) is 13.6 Å². The molecular formula is C25H53O4P. The summed E-state index contributed by atoms with van der Waals surface area (Å²) in [5.74, 6) is 1.64. The fourth-order valence-corrected chi connectivity index (χ4v) is 4.45. The van der Waals surface area contributed by atoms with Crippen LogP contribution in [0.5, 0.6) is 0 Å². The van der Waals surface area contributed by atoms with Crippen molar-refractivity contribution in [3.05, 3.63) is 0 Å². The van der Waals surface area contributed by atoms with Gasteiger partial charge in [-0.15, -0.1) is 0 Å². The first-order valence-electron chi connectivity index (χ1n) is 13.0. The Kier molecular flexibility index (Phi) is 21.1. The van der Waals surface area contributed by atoms with Crippen LogP contribution in [0.25, 0.3) is 0 Å². The third-order valence-corrected chi connectivity index (χ3v) is 6.63. The molecule has 0 rings (SSSR count). The normalized spacial score (nSPS) is 14.0. The van der Waals surface area contributed by atoms with Crippen LogP contribution in [0.2, 0.25) is 0 Å². The van der Waals surface area contributed by atoms with Gasteiger partial charge in [-0.3, -0.25) is 9.05 Å². The number of phosphoric ester groups is 1. The van der Waals surface area contributed by atoms with E-state index in [4.69, 9.17) is 9.05 Å². The molecule has 1 unspecified atom stereocenters. The number of phosphoric acid groups is 1. The maximum atomic E-state index is 11.9. The molecule has 30 heavy (non-hydrogen) atoms. The molecule has 0 aromatic rings.